The highest BCUT2D eigenvalue weighted by Crippen LogP contribution is 2.41. The number of aliphatic imine (C=N–C) groups is 2. The molecular weight excluding hydrogens is 1030 g/mol. The van der Waals surface area contributed by atoms with Gasteiger partial charge in [-0.1, -0.05) is 84.2 Å². The number of nitrogens with zero attached hydrogens (tertiary/aromatic N) is 3. The van der Waals surface area contributed by atoms with Crippen LogP contribution in [0, 0.1) is 35.5 Å². The molecule has 71 heavy (non-hydrogen) atoms. The highest BCUT2D eigenvalue weighted by molar-refractivity contribution is 9.10. The maximum atomic E-state index is 14.6. The lowest BCUT2D eigenvalue weighted by atomic mass is 9.80. The van der Waals surface area contributed by atoms with E-state index in [0.717, 1.165) is 20.9 Å². The van der Waals surface area contributed by atoms with Crippen LogP contribution in [0.1, 0.15) is 123 Å². The molecule has 0 radical (unpaired) electrons. The van der Waals surface area contributed by atoms with Crippen LogP contribution in [0.15, 0.2) is 44.1 Å². The van der Waals surface area contributed by atoms with Crippen molar-refractivity contribution in [2.24, 2.45) is 45.5 Å². The minimum atomic E-state index is -1.64. The van der Waals surface area contributed by atoms with Gasteiger partial charge in [0.25, 0.3) is 5.91 Å². The molecule has 1 aromatic carbocycles. The zero-order chi connectivity index (χ0) is 52.7. The van der Waals surface area contributed by atoms with Crippen LogP contribution in [0.25, 0.3) is 0 Å². The van der Waals surface area contributed by atoms with Crippen molar-refractivity contribution < 1.29 is 53.1 Å². The summed E-state index contributed by atoms with van der Waals surface area (Å²) in [5.41, 5.74) is -0.906. The molecule has 2 aromatic rings. The Labute approximate surface area is 440 Å². The third-order valence-corrected chi connectivity index (χ3v) is 18.2. The highest BCUT2D eigenvalue weighted by Gasteiger charge is 2.49. The molecule has 16 nitrogen and oxygen atoms in total. The summed E-state index contributed by atoms with van der Waals surface area (Å²) < 4.78 is 25.6. The van der Waals surface area contributed by atoms with E-state index in [-0.39, 0.29) is 11.8 Å². The lowest BCUT2D eigenvalue weighted by Gasteiger charge is -2.39. The van der Waals surface area contributed by atoms with Crippen LogP contribution in [0.3, 0.4) is 0 Å². The molecule has 3 aliphatic heterocycles. The van der Waals surface area contributed by atoms with E-state index in [1.165, 1.54) is 36.9 Å². The number of halogens is 1. The number of esters is 3. The number of rotatable bonds is 12. The van der Waals surface area contributed by atoms with Crippen LogP contribution in [0.4, 0.5) is 0 Å². The van der Waals surface area contributed by atoms with Gasteiger partial charge in [-0.2, -0.15) is 0 Å². The molecule has 20 heteroatoms. The van der Waals surface area contributed by atoms with Gasteiger partial charge in [0.05, 0.1) is 45.9 Å². The summed E-state index contributed by atoms with van der Waals surface area (Å²) in [6, 6.07) is 4.31. The number of thioether (sulfide) groups is 2. The van der Waals surface area contributed by atoms with Crippen LogP contribution >= 0.6 is 50.8 Å². The average Bonchev–Trinajstić information content (AvgIpc) is 4.09. The molecule has 2 amide bonds. The van der Waals surface area contributed by atoms with Gasteiger partial charge in [0.15, 0.2) is 12.1 Å². The zero-order valence-electron chi connectivity index (χ0n) is 43.2. The topological polar surface area (TPSA) is 224 Å². The Morgan fingerprint density at radius 2 is 1.61 bits per heavy atom. The van der Waals surface area contributed by atoms with E-state index in [1.54, 1.807) is 63.9 Å². The van der Waals surface area contributed by atoms with Gasteiger partial charge in [0.2, 0.25) is 5.91 Å². The van der Waals surface area contributed by atoms with Gasteiger partial charge in [0, 0.05) is 46.7 Å². The molecular formula is C51H74BrN5O11S3. The fourth-order valence-corrected chi connectivity index (χ4v) is 12.8. The average molecular weight is 1110 g/mol. The molecule has 15 atom stereocenters. The standard InChI is InChI=1S/C51H74BrN5O11S3/c1-14-16-27(6)41(67-46(62)32-17-19-33(52)20-18-32)30(9)42-28(7)35(65-13)21-36-53-34(22-69-36)44-56-51(12,24-70-44)49-57-50(11,23-71-49)48(64)55-37(26(5)15-2)39(59)29(8)45(61)66-40(25(3)4)43(60)54-38(31(10)58)47(63)68-42/h17-20,22,25-31,35,37-42,58-59H,14-16,21,23-24H2,1-13H3,(H,54,60)(H,55,64)/t26-,27+,28-,29+,30-,31+,35-,37-,38-,39-,40-,41-,42-,50+,51+/m0/s1. The van der Waals surface area contributed by atoms with Crippen molar-refractivity contribution in [2.75, 3.05) is 18.6 Å². The number of amides is 2. The number of cyclic esters (lactones) is 2. The quantitative estimate of drug-likeness (QED) is 0.120. The number of aliphatic hydroxyl groups is 2. The van der Waals surface area contributed by atoms with Crippen molar-refractivity contribution in [1.29, 1.82) is 0 Å². The number of methoxy groups -OCH3 is 1. The first-order valence-corrected chi connectivity index (χ1v) is 28.3. The number of carbonyl (C=O) groups excluding carboxylic acids is 5. The summed E-state index contributed by atoms with van der Waals surface area (Å²) in [7, 11) is 1.57. The van der Waals surface area contributed by atoms with Crippen molar-refractivity contribution in [3.8, 4) is 0 Å². The number of benzene rings is 1. The van der Waals surface area contributed by atoms with Crippen molar-refractivity contribution in [3.05, 3.63) is 50.4 Å². The lowest BCUT2D eigenvalue weighted by Crippen LogP contribution is -2.57. The van der Waals surface area contributed by atoms with Crippen LogP contribution in [0.2, 0.25) is 0 Å². The smallest absolute Gasteiger partial charge is 0.338 e. The van der Waals surface area contributed by atoms with Crippen LogP contribution in [-0.2, 0) is 44.5 Å². The van der Waals surface area contributed by atoms with Crippen LogP contribution in [-0.4, -0.2) is 133 Å². The molecule has 1 aromatic heterocycles. The van der Waals surface area contributed by atoms with Crippen molar-refractivity contribution in [3.63, 3.8) is 0 Å². The van der Waals surface area contributed by atoms with Crippen molar-refractivity contribution >= 4 is 90.6 Å². The van der Waals surface area contributed by atoms with Gasteiger partial charge in [-0.25, -0.2) is 14.6 Å². The third-order valence-electron chi connectivity index (χ3n) is 14.0. The lowest BCUT2D eigenvalue weighted by molar-refractivity contribution is -0.172. The van der Waals surface area contributed by atoms with E-state index >= 15 is 0 Å². The molecule has 0 aliphatic carbocycles. The number of nitrogens with one attached hydrogen (secondary N) is 2. The first kappa shape index (κ1) is 58.5. The number of ether oxygens (including phenoxy) is 4. The number of aliphatic hydroxyl groups excluding tert-OH is 2. The Kier molecular flexibility index (Phi) is 20.8. The molecule has 394 valence electrons. The second kappa shape index (κ2) is 25.2. The van der Waals surface area contributed by atoms with Crippen LogP contribution < -0.4 is 10.6 Å². The summed E-state index contributed by atoms with van der Waals surface area (Å²) in [5, 5.41) is 32.7. The third kappa shape index (κ3) is 14.1. The van der Waals surface area contributed by atoms with Crippen LogP contribution in [0.5, 0.6) is 0 Å². The minimum Gasteiger partial charge on any atom is -0.460 e. The van der Waals surface area contributed by atoms with E-state index in [9.17, 15) is 34.2 Å². The van der Waals surface area contributed by atoms with Gasteiger partial charge in [-0.3, -0.25) is 24.4 Å². The summed E-state index contributed by atoms with van der Waals surface area (Å²) in [6.45, 7) is 21.4. The Bertz CT molecular complexity index is 2260. The fraction of sp³-hybridized carbons (Fsp3) is 0.686. The maximum absolute atomic E-state index is 14.6. The SMILES string of the molecule is CCC[C@@H](C)[C@H](OC(=O)c1ccc(Br)cc1)[C@H](C)[C@H]1OC(=O)[C@H]([C@@H](C)O)NC(=O)[C@H](C(C)C)OC(=O)[C@H](C)[C@H](O)[C@H]([C@@H](C)CC)NC(=O)[C@@]2(C)CSC(=N2)[C@@]2(C)CSC(=N2)c2csc(n2)C[C@H](OC)[C@@H]1C. The predicted octanol–water partition coefficient (Wildman–Crippen LogP) is 7.44. The van der Waals surface area contributed by atoms with Gasteiger partial charge >= 0.3 is 17.9 Å². The minimum absolute atomic E-state index is 0.191. The van der Waals surface area contributed by atoms with Gasteiger partial charge in [0.1, 0.15) is 34.0 Å². The molecule has 0 fully saturated rings. The summed E-state index contributed by atoms with van der Waals surface area (Å²) in [4.78, 5) is 85.9. The summed E-state index contributed by atoms with van der Waals surface area (Å²) in [5.74, 6) is -6.34. The second-order valence-corrected chi connectivity index (χ2v) is 24.1. The number of aromatic nitrogens is 1. The number of hydrogen-bond donors (Lipinski definition) is 4. The predicted molar refractivity (Wildman–Crippen MR) is 283 cm³/mol. The molecule has 4 heterocycles. The molecule has 5 rings (SSSR count). The summed E-state index contributed by atoms with van der Waals surface area (Å²) >= 11 is 7.89. The number of fused-ring (bicyclic) bond motifs is 6. The normalized spacial score (nSPS) is 31.5. The van der Waals surface area contributed by atoms with E-state index in [0.29, 0.717) is 47.1 Å². The Morgan fingerprint density at radius 1 is 0.944 bits per heavy atom. The largest absolute Gasteiger partial charge is 0.460 e. The first-order chi connectivity index (χ1) is 33.4. The maximum Gasteiger partial charge on any atom is 0.338 e. The van der Waals surface area contributed by atoms with E-state index in [1.807, 2.05) is 53.8 Å². The Morgan fingerprint density at radius 3 is 2.21 bits per heavy atom. The van der Waals surface area contributed by atoms with Gasteiger partial charge < -0.3 is 39.8 Å². The molecule has 6 bridgehead atoms. The molecule has 0 saturated carbocycles. The van der Waals surface area contributed by atoms with Crippen molar-refractivity contribution in [1.82, 2.24) is 15.6 Å². The Balaban J connectivity index is 1.59. The van der Waals surface area contributed by atoms with E-state index in [4.69, 9.17) is 33.9 Å². The van der Waals surface area contributed by atoms with Gasteiger partial charge in [-0.15, -0.1) is 34.9 Å². The molecule has 3 aliphatic rings. The number of carbonyl (C=O) groups is 5. The summed E-state index contributed by atoms with van der Waals surface area (Å²) in [6.07, 6.45) is -4.42. The molecule has 0 unspecified atom stereocenters. The molecule has 0 spiro atoms. The molecule has 0 saturated heterocycles. The monoisotopic (exact) mass is 1110 g/mol. The second-order valence-electron chi connectivity index (χ2n) is 20.3. The van der Waals surface area contributed by atoms with E-state index in [2.05, 4.69) is 26.6 Å². The number of thiazole rings is 1. The molecule has 4 N–H and O–H groups in total. The van der Waals surface area contributed by atoms with E-state index < -0.39 is 113 Å². The van der Waals surface area contributed by atoms with Gasteiger partial charge in [-0.05, 0) is 76.1 Å². The first-order valence-electron chi connectivity index (χ1n) is 24.7. The highest BCUT2D eigenvalue weighted by atomic mass is 79.9. The Hall–Kier alpha value is -3.40. The number of hydrogen-bond acceptors (Lipinski definition) is 17. The zero-order valence-corrected chi connectivity index (χ0v) is 47.3. The fourth-order valence-electron chi connectivity index (χ4n) is 9.14. The van der Waals surface area contributed by atoms with Crippen molar-refractivity contribution in [2.45, 2.75) is 169 Å².